The molecule has 1 aromatic rings. The predicted octanol–water partition coefficient (Wildman–Crippen LogP) is 3.92. The lowest BCUT2D eigenvalue weighted by molar-refractivity contribution is -0.145. The maximum Gasteiger partial charge on any atom is 0.289 e. The number of carbonyl (C=O) groups excluding carboxylic acids is 5. The number of ether oxygens (including phenoxy) is 2. The highest BCUT2D eigenvalue weighted by Crippen LogP contribution is 2.43. The number of amides is 4. The van der Waals surface area contributed by atoms with Gasteiger partial charge in [0, 0.05) is 36.9 Å². The van der Waals surface area contributed by atoms with Crippen LogP contribution in [0.2, 0.25) is 5.02 Å². The van der Waals surface area contributed by atoms with Crippen molar-refractivity contribution in [3.8, 4) is 11.5 Å². The van der Waals surface area contributed by atoms with E-state index in [2.05, 4.69) is 21.1 Å². The minimum atomic E-state index is -1.11. The molecule has 4 amide bonds. The number of halogens is 1. The largest absolute Gasteiger partial charge is 0.496 e. The van der Waals surface area contributed by atoms with Gasteiger partial charge in [-0.05, 0) is 42.1 Å². The maximum atomic E-state index is 14.6. The van der Waals surface area contributed by atoms with E-state index < -0.39 is 52.6 Å². The second-order valence-electron chi connectivity index (χ2n) is 16.8. The fourth-order valence-corrected chi connectivity index (χ4v) is 6.94. The van der Waals surface area contributed by atoms with E-state index in [9.17, 15) is 24.0 Å². The molecule has 1 saturated heterocycles. The third kappa shape index (κ3) is 9.33. The van der Waals surface area contributed by atoms with E-state index in [1.807, 2.05) is 41.5 Å². The number of nitrogens with zero attached hydrogens (tertiary/aromatic N) is 2. The van der Waals surface area contributed by atoms with Crippen LogP contribution in [0.25, 0.3) is 0 Å². The number of likely N-dealkylation sites (tertiary alicyclic amines) is 1. The molecule has 3 fully saturated rings. The van der Waals surface area contributed by atoms with Gasteiger partial charge in [-0.3, -0.25) is 24.0 Å². The normalized spacial score (nSPS) is 22.8. The highest BCUT2D eigenvalue weighted by Gasteiger charge is 2.56. The Balaban J connectivity index is 1.44. The van der Waals surface area contributed by atoms with Crippen LogP contribution in [-0.2, 0) is 28.8 Å². The smallest absolute Gasteiger partial charge is 0.289 e. The van der Waals surface area contributed by atoms with Gasteiger partial charge in [0.15, 0.2) is 5.60 Å². The summed E-state index contributed by atoms with van der Waals surface area (Å²) >= 11 is 6.47. The van der Waals surface area contributed by atoms with Crippen LogP contribution in [0.5, 0.6) is 11.5 Å². The van der Waals surface area contributed by atoms with Gasteiger partial charge < -0.3 is 35.2 Å². The molecule has 0 aromatic heterocycles. The van der Waals surface area contributed by atoms with Gasteiger partial charge in [0.2, 0.25) is 23.5 Å². The molecule has 1 spiro atoms. The van der Waals surface area contributed by atoms with Crippen molar-refractivity contribution in [3.05, 3.63) is 22.7 Å². The lowest BCUT2D eigenvalue weighted by Gasteiger charge is -2.36. The van der Waals surface area contributed by atoms with Crippen LogP contribution in [0.1, 0.15) is 98.5 Å². The summed E-state index contributed by atoms with van der Waals surface area (Å²) in [6.07, 6.45) is 4.26. The monoisotopic (exact) mass is 729 g/mol. The van der Waals surface area contributed by atoms with Gasteiger partial charge >= 0.3 is 0 Å². The zero-order chi connectivity index (χ0) is 37.5. The van der Waals surface area contributed by atoms with Crippen molar-refractivity contribution < 1.29 is 38.3 Å². The molecule has 5 rings (SSSR count). The van der Waals surface area contributed by atoms with Crippen molar-refractivity contribution in [1.82, 2.24) is 20.9 Å². The first-order chi connectivity index (χ1) is 23.8. The van der Waals surface area contributed by atoms with Crippen molar-refractivity contribution in [2.45, 2.75) is 123 Å². The van der Waals surface area contributed by atoms with E-state index in [0.29, 0.717) is 34.2 Å². The Hall–Kier alpha value is -3.87. The molecular weight excluding hydrogens is 678 g/mol. The average molecular weight is 730 g/mol. The lowest BCUT2D eigenvalue weighted by atomic mass is 9.84. The first-order valence-electron chi connectivity index (χ1n) is 17.7. The zero-order valence-corrected chi connectivity index (χ0v) is 31.7. The molecule has 51 heavy (non-hydrogen) atoms. The Kier molecular flexibility index (Phi) is 11.0. The molecule has 0 radical (unpaired) electrons. The van der Waals surface area contributed by atoms with Gasteiger partial charge in [0.05, 0.1) is 37.5 Å². The number of carbonyl (C=O) groups is 5. The molecule has 280 valence electrons. The molecule has 14 heteroatoms. The van der Waals surface area contributed by atoms with Crippen molar-refractivity contribution in [2.75, 3.05) is 20.8 Å². The third-order valence-electron chi connectivity index (χ3n) is 9.75. The molecule has 1 unspecified atom stereocenters. The Morgan fingerprint density at radius 2 is 1.67 bits per heavy atom. The number of hydrogen-bond donors (Lipinski definition) is 3. The molecule has 1 aromatic carbocycles. The van der Waals surface area contributed by atoms with Gasteiger partial charge in [-0.25, -0.2) is 0 Å². The molecular formula is C37H52ClN5O8. The molecule has 2 aliphatic heterocycles. The number of methoxy groups -OCH3 is 2. The molecule has 13 nitrogen and oxygen atoms in total. The van der Waals surface area contributed by atoms with Crippen molar-refractivity contribution in [1.29, 1.82) is 0 Å². The van der Waals surface area contributed by atoms with E-state index in [0.717, 1.165) is 25.7 Å². The predicted molar refractivity (Wildman–Crippen MR) is 191 cm³/mol. The minimum absolute atomic E-state index is 0.0164. The van der Waals surface area contributed by atoms with Crippen molar-refractivity contribution >= 4 is 46.7 Å². The van der Waals surface area contributed by atoms with E-state index in [4.69, 9.17) is 25.9 Å². The van der Waals surface area contributed by atoms with Crippen LogP contribution in [0.3, 0.4) is 0 Å². The van der Waals surface area contributed by atoms with Crippen LogP contribution < -0.4 is 25.4 Å². The maximum absolute atomic E-state index is 14.6. The first-order valence-corrected chi connectivity index (χ1v) is 18.1. The number of Topliss-reactive ketones (excluding diaryl/α,β-unsaturated/α-hetero) is 1. The second kappa shape index (κ2) is 14.6. The lowest BCUT2D eigenvalue weighted by Crippen LogP contribution is -2.59. The number of hydrogen-bond acceptors (Lipinski definition) is 9. The fourth-order valence-electron chi connectivity index (χ4n) is 6.70. The summed E-state index contributed by atoms with van der Waals surface area (Å²) in [4.78, 5) is 75.9. The van der Waals surface area contributed by atoms with E-state index in [1.54, 1.807) is 12.1 Å². The molecule has 2 aliphatic carbocycles. The van der Waals surface area contributed by atoms with Gasteiger partial charge in [-0.2, -0.15) is 0 Å². The standard InChI is InChI=1S/C37H52ClN5O8/c1-35(2,3)18-29(44)41-31(36(4,5)6)34(48)43-19-37(16-25(42-51-37)22-14-23(38)28(50-8)15-27(22)49-7)17-26(43)32(46)40-24(13-20-9-10-20)30(45)33(47)39-21-11-12-21/h14-15,20-21,24,26,31H,9-13,16-19H2,1-8H3,(H,39,47)(H,40,46)(H,41,44)/t24-,26+,31-,37?/m1/s1. The molecule has 2 heterocycles. The second-order valence-corrected chi connectivity index (χ2v) is 17.2. The van der Waals surface area contributed by atoms with E-state index in [1.165, 1.54) is 19.1 Å². The summed E-state index contributed by atoms with van der Waals surface area (Å²) in [5, 5.41) is 13.3. The number of rotatable bonds is 13. The molecule has 4 aliphatic rings. The Morgan fingerprint density at radius 1 is 1.00 bits per heavy atom. The van der Waals surface area contributed by atoms with Crippen molar-refractivity contribution in [3.63, 3.8) is 0 Å². The number of ketones is 1. The Labute approximate surface area is 304 Å². The highest BCUT2D eigenvalue weighted by molar-refractivity contribution is 6.38. The quantitative estimate of drug-likeness (QED) is 0.257. The van der Waals surface area contributed by atoms with Crippen molar-refractivity contribution in [2.24, 2.45) is 21.9 Å². The summed E-state index contributed by atoms with van der Waals surface area (Å²) in [5.41, 5.74) is -1.07. The minimum Gasteiger partial charge on any atom is -0.496 e. The van der Waals surface area contributed by atoms with Crippen LogP contribution in [0, 0.1) is 16.7 Å². The van der Waals surface area contributed by atoms with E-state index in [-0.39, 0.29) is 49.1 Å². The van der Waals surface area contributed by atoms with Gasteiger partial charge in [0.1, 0.15) is 23.6 Å². The van der Waals surface area contributed by atoms with Gasteiger partial charge in [0.25, 0.3) is 5.91 Å². The summed E-state index contributed by atoms with van der Waals surface area (Å²) < 4.78 is 11.0. The highest BCUT2D eigenvalue weighted by atomic mass is 35.5. The van der Waals surface area contributed by atoms with Crippen LogP contribution in [0.4, 0.5) is 0 Å². The van der Waals surface area contributed by atoms with Crippen LogP contribution in [0.15, 0.2) is 17.3 Å². The third-order valence-corrected chi connectivity index (χ3v) is 10.0. The van der Waals surface area contributed by atoms with Gasteiger partial charge in [-0.1, -0.05) is 71.1 Å². The number of oxime groups is 1. The Bertz CT molecular complexity index is 1590. The molecule has 3 N–H and O–H groups in total. The van der Waals surface area contributed by atoms with E-state index >= 15 is 0 Å². The SMILES string of the molecule is COc1cc(OC)c(C2=NOC3(C2)C[C@@H](C(=O)N[C@H](CC2CC2)C(=O)C(=O)NC2CC2)N(C(=O)[C@@H](NC(=O)CC(C)(C)C)C(C)(C)C)C3)cc1Cl. The van der Waals surface area contributed by atoms with Crippen LogP contribution in [-0.4, -0.2) is 90.6 Å². The zero-order valence-electron chi connectivity index (χ0n) is 30.9. The Morgan fingerprint density at radius 3 is 2.24 bits per heavy atom. The first kappa shape index (κ1) is 38.4. The summed E-state index contributed by atoms with van der Waals surface area (Å²) in [7, 11) is 3.01. The molecule has 4 atom stereocenters. The molecule has 2 saturated carbocycles. The average Bonchev–Trinajstić information content (AvgIpc) is 3.97. The summed E-state index contributed by atoms with van der Waals surface area (Å²) in [6, 6.07) is 0.202. The fraction of sp³-hybridized carbons (Fsp3) is 0.676. The summed E-state index contributed by atoms with van der Waals surface area (Å²) in [6.45, 7) is 11.4. The molecule has 0 bridgehead atoms. The number of nitrogens with one attached hydrogen (secondary N) is 3. The summed E-state index contributed by atoms with van der Waals surface area (Å²) in [5.74, 6) is -1.62. The number of benzene rings is 1. The van der Waals surface area contributed by atoms with Crippen LogP contribution >= 0.6 is 11.6 Å². The topological polar surface area (TPSA) is 165 Å². The van der Waals surface area contributed by atoms with Gasteiger partial charge in [-0.15, -0.1) is 0 Å².